The van der Waals surface area contributed by atoms with Gasteiger partial charge in [0.25, 0.3) is 21.5 Å². The van der Waals surface area contributed by atoms with Gasteiger partial charge >= 0.3 is 12.1 Å². The largest absolute Gasteiger partial charge is 0.508 e. The molecule has 0 aliphatic carbocycles. The third-order valence-electron chi connectivity index (χ3n) is 12.7. The summed E-state index contributed by atoms with van der Waals surface area (Å²) < 4.78 is 71.7. The average Bonchev–Trinajstić information content (AvgIpc) is 3.64. The number of benzene rings is 3. The molecule has 0 saturated heterocycles. The van der Waals surface area contributed by atoms with Crippen LogP contribution < -0.4 is 46.9 Å². The molecule has 4 aromatic heterocycles. The Morgan fingerprint density at radius 3 is 2.43 bits per heavy atom. The number of ether oxygens (including phenoxy) is 3. The van der Waals surface area contributed by atoms with Gasteiger partial charge in [-0.05, 0) is 84.8 Å². The number of carboxylic acids is 1. The Hall–Kier alpha value is -8.84. The number of aliphatic hydroxyl groups excluding tert-OH is 1. The van der Waals surface area contributed by atoms with Gasteiger partial charge in [-0.15, -0.1) is 0 Å². The number of methoxy groups -OCH3 is 1. The number of fused-ring (bicyclic) bond motifs is 2. The van der Waals surface area contributed by atoms with Crippen molar-refractivity contribution in [2.24, 2.45) is 0 Å². The van der Waals surface area contributed by atoms with Crippen molar-refractivity contribution in [1.29, 1.82) is 0 Å². The lowest BCUT2D eigenvalue weighted by Crippen LogP contribution is -2.48. The van der Waals surface area contributed by atoms with Crippen molar-refractivity contribution in [3.63, 3.8) is 0 Å². The first kappa shape index (κ1) is 60.3. The van der Waals surface area contributed by atoms with Crippen molar-refractivity contribution in [1.82, 2.24) is 35.6 Å². The molecule has 1 aliphatic rings. The number of rotatable bonds is 25. The van der Waals surface area contributed by atoms with Crippen LogP contribution in [0.4, 0.5) is 42.4 Å². The van der Waals surface area contributed by atoms with Crippen LogP contribution in [0.1, 0.15) is 28.9 Å². The fourth-order valence-corrected chi connectivity index (χ4v) is 11.6. The van der Waals surface area contributed by atoms with E-state index in [0.717, 1.165) is 33.9 Å². The molecular formula is C53H54F2N12O13S3. The van der Waals surface area contributed by atoms with Gasteiger partial charge in [-0.3, -0.25) is 29.1 Å². The van der Waals surface area contributed by atoms with Gasteiger partial charge in [-0.25, -0.2) is 31.8 Å². The van der Waals surface area contributed by atoms with Crippen LogP contribution in [0.5, 0.6) is 5.88 Å². The van der Waals surface area contributed by atoms with Crippen LogP contribution >= 0.6 is 21.6 Å². The quantitative estimate of drug-likeness (QED) is 0.0157. The number of amides is 2. The summed E-state index contributed by atoms with van der Waals surface area (Å²) in [4.78, 5) is 83.8. The first-order valence-corrected chi connectivity index (χ1v) is 29.0. The van der Waals surface area contributed by atoms with Crippen molar-refractivity contribution in [3.8, 4) is 28.3 Å². The van der Waals surface area contributed by atoms with Crippen LogP contribution in [0.15, 0.2) is 113 Å². The lowest BCUT2D eigenvalue weighted by molar-refractivity contribution is -0.139. The normalized spacial score (nSPS) is 13.7. The van der Waals surface area contributed by atoms with Crippen LogP contribution in [0, 0.1) is 11.6 Å². The first-order chi connectivity index (χ1) is 39.8. The van der Waals surface area contributed by atoms with Gasteiger partial charge < -0.3 is 66.4 Å². The van der Waals surface area contributed by atoms with Gasteiger partial charge in [-0.1, -0.05) is 33.7 Å². The van der Waals surface area contributed by atoms with E-state index in [1.165, 1.54) is 36.1 Å². The molecule has 0 saturated carbocycles. The van der Waals surface area contributed by atoms with E-state index in [4.69, 9.17) is 19.9 Å². The van der Waals surface area contributed by atoms with E-state index in [9.17, 15) is 56.5 Å². The maximum absolute atomic E-state index is 14.4. The molecule has 30 heteroatoms. The third-order valence-corrected chi connectivity index (χ3v) is 16.5. The monoisotopic (exact) mass is 1200 g/mol. The van der Waals surface area contributed by atoms with Gasteiger partial charge in [0.15, 0.2) is 6.29 Å². The predicted octanol–water partition coefficient (Wildman–Crippen LogP) is 4.95. The number of nitrogens with zero attached hydrogens (tertiary/aromatic N) is 5. The smallest absolute Gasteiger partial charge is 0.480 e. The fraction of sp³-hybridized carbons (Fsp3) is 0.264. The van der Waals surface area contributed by atoms with Gasteiger partial charge in [-0.2, -0.15) is 4.98 Å². The molecule has 5 heterocycles. The summed E-state index contributed by atoms with van der Waals surface area (Å²) in [6.45, 7) is 0.617. The molecule has 25 nitrogen and oxygen atoms in total. The van der Waals surface area contributed by atoms with E-state index >= 15 is 0 Å². The van der Waals surface area contributed by atoms with Crippen LogP contribution in [-0.4, -0.2) is 142 Å². The van der Waals surface area contributed by atoms with E-state index in [0.29, 0.717) is 64.4 Å². The Morgan fingerprint density at radius 1 is 0.928 bits per heavy atom. The third kappa shape index (κ3) is 15.6. The van der Waals surface area contributed by atoms with Gasteiger partial charge in [0.2, 0.25) is 17.7 Å². The highest BCUT2D eigenvalue weighted by Gasteiger charge is 2.29. The van der Waals surface area contributed by atoms with Crippen molar-refractivity contribution >= 4 is 95.3 Å². The molecule has 11 N–H and O–H groups in total. The van der Waals surface area contributed by atoms with E-state index in [1.807, 2.05) is 6.07 Å². The number of aliphatic hydroxyl groups is 2. The number of aliphatic carboxylic acids is 1. The molecular weight excluding hydrogens is 1150 g/mol. The number of carbonyl (C=O) groups is 4. The van der Waals surface area contributed by atoms with Crippen molar-refractivity contribution in [2.45, 2.75) is 48.8 Å². The SMILES string of the molecule is COc1nc(-c2ccc3nccc(-c4ccc(COC(=O)OCCSSCC(NC(=O)CCC(NC(=O)c5ccc(NCC6CNc7[nH]c(N)nc(=O)c7N6C)cc5)C(=O)O)C(O)O)nc4)c3c2)ccc1NS(=O)(=O)c1ccc(F)cc1F. The minimum Gasteiger partial charge on any atom is -0.480 e. The Labute approximate surface area is 479 Å². The van der Waals surface area contributed by atoms with Crippen molar-refractivity contribution < 1.29 is 65.9 Å². The minimum atomic E-state index is -4.48. The second-order valence-corrected chi connectivity index (χ2v) is 22.6. The molecule has 1 aliphatic heterocycles. The van der Waals surface area contributed by atoms with Gasteiger partial charge in [0.1, 0.15) is 53.0 Å². The molecule has 7 aromatic rings. The molecule has 8 rings (SSSR count). The lowest BCUT2D eigenvalue weighted by atomic mass is 9.99. The topological polar surface area (TPSA) is 365 Å². The Bertz CT molecular complexity index is 3680. The Morgan fingerprint density at radius 2 is 1.71 bits per heavy atom. The number of pyridine rings is 3. The number of nitrogens with one attached hydrogen (secondary N) is 6. The minimum absolute atomic E-state index is 0.00180. The average molecular weight is 1200 g/mol. The molecule has 0 radical (unpaired) electrons. The molecule has 436 valence electrons. The lowest BCUT2D eigenvalue weighted by Gasteiger charge is -2.35. The summed E-state index contributed by atoms with van der Waals surface area (Å²) in [6, 6.07) is 19.2. The number of H-pyrrole nitrogens is 1. The van der Waals surface area contributed by atoms with Crippen molar-refractivity contribution in [2.75, 3.05) is 71.3 Å². The number of carboxylic acid groups (broad SMARTS) is 1. The molecule has 3 aromatic carbocycles. The van der Waals surface area contributed by atoms with Crippen LogP contribution in [0.3, 0.4) is 0 Å². The number of hydrogen-bond donors (Lipinski definition) is 10. The number of nitrogens with two attached hydrogens (primary N) is 1. The number of sulfonamides is 1. The zero-order chi connectivity index (χ0) is 59.4. The second-order valence-electron chi connectivity index (χ2n) is 18.3. The van der Waals surface area contributed by atoms with Crippen LogP contribution in [0.25, 0.3) is 33.3 Å². The zero-order valence-electron chi connectivity index (χ0n) is 44.0. The number of likely N-dealkylation sites (N-methyl/N-ethyl adjacent to an activating group) is 1. The first-order valence-electron chi connectivity index (χ1n) is 25.1. The Kier molecular flexibility index (Phi) is 19.8. The number of hydrogen-bond acceptors (Lipinski definition) is 22. The molecule has 0 bridgehead atoms. The summed E-state index contributed by atoms with van der Waals surface area (Å²) in [6.07, 6.45) is -0.365. The highest BCUT2D eigenvalue weighted by molar-refractivity contribution is 8.76. The fourth-order valence-electron chi connectivity index (χ4n) is 8.39. The Balaban J connectivity index is 0.735. The van der Waals surface area contributed by atoms with Crippen LogP contribution in [-0.2, 0) is 35.7 Å². The number of aromatic amines is 1. The summed E-state index contributed by atoms with van der Waals surface area (Å²) in [5.74, 6) is -4.32. The van der Waals surface area contributed by atoms with E-state index in [-0.39, 0.29) is 66.7 Å². The van der Waals surface area contributed by atoms with E-state index in [2.05, 4.69) is 50.9 Å². The van der Waals surface area contributed by atoms with E-state index < -0.39 is 74.4 Å². The van der Waals surface area contributed by atoms with Gasteiger partial charge in [0, 0.05) is 84.3 Å². The highest BCUT2D eigenvalue weighted by Crippen LogP contribution is 2.34. The number of halogens is 2. The molecule has 83 heavy (non-hydrogen) atoms. The molecule has 0 fully saturated rings. The molecule has 2 amide bonds. The number of aromatic nitrogens is 5. The molecule has 3 unspecified atom stereocenters. The van der Waals surface area contributed by atoms with Crippen molar-refractivity contribution in [3.05, 3.63) is 137 Å². The molecule has 3 atom stereocenters. The van der Waals surface area contributed by atoms with E-state index in [1.54, 1.807) is 72.9 Å². The second kappa shape index (κ2) is 27.3. The summed E-state index contributed by atoms with van der Waals surface area (Å²) in [5.41, 5.74) is 9.81. The summed E-state index contributed by atoms with van der Waals surface area (Å²) in [5, 5.41) is 41.7. The number of carbonyl (C=O) groups excluding carboxylic acids is 3. The zero-order valence-corrected chi connectivity index (χ0v) is 46.4. The summed E-state index contributed by atoms with van der Waals surface area (Å²) in [7, 11) is 0.936. The highest BCUT2D eigenvalue weighted by atomic mass is 33.1. The number of nitrogen functional groups attached to an aromatic ring is 1. The maximum atomic E-state index is 14.4. The molecule has 0 spiro atoms. The van der Waals surface area contributed by atoms with Crippen LogP contribution in [0.2, 0.25) is 0 Å². The maximum Gasteiger partial charge on any atom is 0.508 e. The standard InChI is InChI=1S/C53H54F2N12O13S3/c1-67-34(25-60-46-45(67)48(70)65-52(56)64-46)24-59-32-8-3-28(4-9-32)47(69)62-41(50(71)72)14-16-44(68)61-42(51(73)74)27-82-81-20-19-79-53(75)80-26-33-10-5-30(23-58-33)35-17-18-57-39-11-6-29(21-36(35)39)38-12-13-40(49(63-38)78-2)66-83(76,77)43-15-7-31(54)22-37(43)55/h3-13,15,17-18,21-23,34,41-42,51,59,66,73-74H,14,16,19-20,24-27H2,1-2H3,(H,61,68)(H,62,69)(H,71,72)(H4,56,60,64,65,70). The predicted molar refractivity (Wildman–Crippen MR) is 306 cm³/mol. The van der Waals surface area contributed by atoms with Gasteiger partial charge in [0.05, 0.1) is 36.1 Å². The number of anilines is 5. The summed E-state index contributed by atoms with van der Waals surface area (Å²) >= 11 is 0.